The molecule has 0 spiro atoms. The summed E-state index contributed by atoms with van der Waals surface area (Å²) in [6.45, 7) is 2.67. The van der Waals surface area contributed by atoms with Gasteiger partial charge in [0.05, 0.1) is 0 Å². The van der Waals surface area contributed by atoms with Crippen LogP contribution in [0.2, 0.25) is 0 Å². The minimum atomic E-state index is -2.68. The van der Waals surface area contributed by atoms with Gasteiger partial charge in [-0.15, -0.1) is 0 Å². The molecule has 0 aromatic rings. The van der Waals surface area contributed by atoms with Crippen LogP contribution in [-0.2, 0) is 9.36 Å². The zero-order chi connectivity index (χ0) is 13.8. The third kappa shape index (κ3) is 4.07. The molecule has 0 aliphatic carbocycles. The van der Waals surface area contributed by atoms with Crippen molar-refractivity contribution < 1.29 is 9.36 Å². The van der Waals surface area contributed by atoms with Crippen LogP contribution in [0.5, 0.6) is 0 Å². The fourth-order valence-corrected chi connectivity index (χ4v) is 3.84. The molecule has 0 aliphatic rings. The van der Waals surface area contributed by atoms with Gasteiger partial charge in [0.25, 0.3) is 7.59 Å². The van der Waals surface area contributed by atoms with Crippen molar-refractivity contribution in [2.24, 2.45) is 0 Å². The van der Waals surface area contributed by atoms with Crippen molar-refractivity contribution in [1.29, 1.82) is 0 Å². The van der Waals surface area contributed by atoms with Crippen molar-refractivity contribution in [2.45, 2.75) is 6.92 Å². The first-order valence-electron chi connectivity index (χ1n) is 5.53. The molecule has 0 saturated heterocycles. The summed E-state index contributed by atoms with van der Waals surface area (Å²) in [7, 11) is 8.07. The Morgan fingerprint density at radius 3 is 1.65 bits per heavy atom. The summed E-state index contributed by atoms with van der Waals surface area (Å²) in [6, 6.07) is 0. The number of hydrogen-bond acceptors (Lipinski definition) is 2. The highest BCUT2D eigenvalue weighted by Gasteiger charge is 2.32. The molecule has 17 heavy (non-hydrogen) atoms. The lowest BCUT2D eigenvalue weighted by molar-refractivity contribution is -0.127. The van der Waals surface area contributed by atoms with Gasteiger partial charge in [0, 0.05) is 27.1 Å². The Kier molecular flexibility index (Phi) is 6.34. The fourth-order valence-electron chi connectivity index (χ4n) is 1.55. The molecular weight excluding hydrogens is 239 g/mol. The third-order valence-corrected chi connectivity index (χ3v) is 5.96. The van der Waals surface area contributed by atoms with E-state index < -0.39 is 7.59 Å². The number of rotatable bonds is 6. The second kappa shape index (κ2) is 6.50. The van der Waals surface area contributed by atoms with Crippen LogP contribution in [-0.4, -0.2) is 80.2 Å². The van der Waals surface area contributed by atoms with Gasteiger partial charge >= 0.3 is 0 Å². The first-order chi connectivity index (χ1) is 7.63. The van der Waals surface area contributed by atoms with E-state index in [-0.39, 0.29) is 5.91 Å². The van der Waals surface area contributed by atoms with Gasteiger partial charge in [-0.05, 0) is 35.2 Å². The maximum absolute atomic E-state index is 12.8. The van der Waals surface area contributed by atoms with Crippen LogP contribution in [0.4, 0.5) is 0 Å². The van der Waals surface area contributed by atoms with Gasteiger partial charge < -0.3 is 4.90 Å². The third-order valence-electron chi connectivity index (χ3n) is 2.78. The van der Waals surface area contributed by atoms with Gasteiger partial charge in [0.15, 0.2) is 0 Å². The first-order valence-corrected chi connectivity index (χ1v) is 7.09. The number of carbonyl (C=O) groups is 1. The average molecular weight is 264 g/mol. The van der Waals surface area contributed by atoms with Crippen LogP contribution in [0.1, 0.15) is 6.92 Å². The van der Waals surface area contributed by atoms with Crippen LogP contribution in [0, 0.1) is 0 Å². The van der Waals surface area contributed by atoms with E-state index in [1.807, 2.05) is 7.05 Å². The fraction of sp³-hybridized carbons (Fsp3) is 0.900. The summed E-state index contributed by atoms with van der Waals surface area (Å²) in [6.07, 6.45) is 0. The number of carbonyl (C=O) groups excluding carboxylic acids is 1. The van der Waals surface area contributed by atoms with Gasteiger partial charge in [-0.25, -0.2) is 14.0 Å². The summed E-state index contributed by atoms with van der Waals surface area (Å²) in [4.78, 5) is 12.7. The Bertz CT molecular complexity index is 295. The molecular formula is C10H25N4O2P. The predicted molar refractivity (Wildman–Crippen MR) is 70.9 cm³/mol. The highest BCUT2D eigenvalue weighted by atomic mass is 31.2. The number of amides is 1. The van der Waals surface area contributed by atoms with E-state index in [2.05, 4.69) is 0 Å². The molecule has 0 aromatic carbocycles. The molecule has 102 valence electrons. The van der Waals surface area contributed by atoms with Gasteiger partial charge in [-0.3, -0.25) is 9.36 Å². The van der Waals surface area contributed by atoms with E-state index in [9.17, 15) is 9.36 Å². The lowest BCUT2D eigenvalue weighted by Gasteiger charge is -2.37. The molecule has 1 amide bonds. The van der Waals surface area contributed by atoms with E-state index in [1.165, 1.54) is 6.92 Å². The van der Waals surface area contributed by atoms with Crippen molar-refractivity contribution >= 4 is 13.5 Å². The average Bonchev–Trinajstić information content (AvgIpc) is 2.22. The normalized spacial score (nSPS) is 12.6. The van der Waals surface area contributed by atoms with Crippen molar-refractivity contribution in [3.8, 4) is 0 Å². The molecule has 0 saturated carbocycles. The van der Waals surface area contributed by atoms with E-state index in [0.29, 0.717) is 13.1 Å². The SMILES string of the molecule is CC(=O)N(C)CCN(C)P(=O)(N(C)C)N(C)C. The summed E-state index contributed by atoms with van der Waals surface area (Å²) >= 11 is 0. The van der Waals surface area contributed by atoms with E-state index in [4.69, 9.17) is 0 Å². The topological polar surface area (TPSA) is 47.1 Å². The molecule has 0 rings (SSSR count). The molecule has 7 heteroatoms. The van der Waals surface area contributed by atoms with Crippen molar-refractivity contribution in [2.75, 3.05) is 55.4 Å². The Morgan fingerprint density at radius 2 is 1.35 bits per heavy atom. The van der Waals surface area contributed by atoms with Gasteiger partial charge in [-0.1, -0.05) is 0 Å². The molecule has 0 aromatic heterocycles. The van der Waals surface area contributed by atoms with Crippen LogP contribution in [0.25, 0.3) is 0 Å². The van der Waals surface area contributed by atoms with Crippen LogP contribution in [0.3, 0.4) is 0 Å². The van der Waals surface area contributed by atoms with Crippen molar-refractivity contribution in [3.05, 3.63) is 0 Å². The van der Waals surface area contributed by atoms with E-state index in [0.717, 1.165) is 0 Å². The molecule has 0 bridgehead atoms. The summed E-state index contributed by atoms with van der Waals surface area (Å²) in [5, 5.41) is 0. The molecule has 0 unspecified atom stereocenters. The Balaban J connectivity index is 4.62. The second-order valence-electron chi connectivity index (χ2n) is 4.53. The Labute approximate surface area is 105 Å². The molecule has 0 aliphatic heterocycles. The van der Waals surface area contributed by atoms with Gasteiger partial charge in [0.2, 0.25) is 5.91 Å². The number of nitrogens with zero attached hydrogens (tertiary/aromatic N) is 4. The summed E-state index contributed by atoms with van der Waals surface area (Å²) in [5.74, 6) is 0.0166. The molecule has 0 atom stereocenters. The molecule has 0 radical (unpaired) electrons. The zero-order valence-corrected chi connectivity index (χ0v) is 12.9. The van der Waals surface area contributed by atoms with Crippen molar-refractivity contribution in [1.82, 2.24) is 18.9 Å². The van der Waals surface area contributed by atoms with Crippen LogP contribution < -0.4 is 0 Å². The molecule has 0 fully saturated rings. The maximum atomic E-state index is 12.8. The Morgan fingerprint density at radius 1 is 0.941 bits per heavy atom. The highest BCUT2D eigenvalue weighted by molar-refractivity contribution is 7.56. The predicted octanol–water partition coefficient (Wildman–Crippen LogP) is 0.628. The van der Waals surface area contributed by atoms with E-state index in [1.54, 1.807) is 54.1 Å². The van der Waals surface area contributed by atoms with Crippen molar-refractivity contribution in [3.63, 3.8) is 0 Å². The van der Waals surface area contributed by atoms with Gasteiger partial charge in [-0.2, -0.15) is 0 Å². The Hall–Kier alpha value is -0.420. The smallest absolute Gasteiger partial charge is 0.285 e. The summed E-state index contributed by atoms with van der Waals surface area (Å²) < 4.78 is 18.0. The van der Waals surface area contributed by atoms with Crippen LogP contribution in [0.15, 0.2) is 0 Å². The highest BCUT2D eigenvalue weighted by Crippen LogP contribution is 2.51. The zero-order valence-electron chi connectivity index (χ0n) is 12.0. The summed E-state index contributed by atoms with van der Waals surface area (Å²) in [5.41, 5.74) is 0. The van der Waals surface area contributed by atoms with E-state index >= 15 is 0 Å². The molecule has 0 heterocycles. The minimum Gasteiger partial charge on any atom is -0.345 e. The quantitative estimate of drug-likeness (QED) is 0.658. The largest absolute Gasteiger partial charge is 0.345 e. The second-order valence-corrected chi connectivity index (χ2v) is 7.84. The monoisotopic (exact) mass is 264 g/mol. The van der Waals surface area contributed by atoms with Crippen LogP contribution >= 0.6 is 7.59 Å². The molecule has 0 N–H and O–H groups in total. The minimum absolute atomic E-state index is 0.0166. The lowest BCUT2D eigenvalue weighted by Crippen LogP contribution is -2.37. The standard InChI is InChI=1S/C10H25N4O2P/c1-10(15)13(6)8-9-14(7)17(16,11(2)3)12(4)5/h8-9H2,1-7H3. The first kappa shape index (κ1) is 16.6. The maximum Gasteiger partial charge on any atom is 0.285 e. The van der Waals surface area contributed by atoms with Gasteiger partial charge in [0.1, 0.15) is 0 Å². The number of hydrogen-bond donors (Lipinski definition) is 0. The molecule has 6 nitrogen and oxygen atoms in total. The number of likely N-dealkylation sites (N-methyl/N-ethyl adjacent to an activating group) is 2. The lowest BCUT2D eigenvalue weighted by atomic mass is 10.5.